The van der Waals surface area contributed by atoms with E-state index >= 15 is 0 Å². The molecule has 1 aromatic heterocycles. The normalized spacial score (nSPS) is 15.0. The molecule has 4 rings (SSSR count). The first kappa shape index (κ1) is 23.5. The summed E-state index contributed by atoms with van der Waals surface area (Å²) < 4.78 is 5.69. The summed E-state index contributed by atoms with van der Waals surface area (Å²) in [7, 11) is 0. The van der Waals surface area contributed by atoms with Crippen LogP contribution in [0, 0.1) is 5.92 Å². The number of aliphatic hydroxyl groups is 1. The van der Waals surface area contributed by atoms with Crippen LogP contribution in [0.25, 0.3) is 11.0 Å². The number of para-hydroxylation sites is 1. The van der Waals surface area contributed by atoms with Crippen LogP contribution < -0.4 is 15.5 Å². The van der Waals surface area contributed by atoms with Gasteiger partial charge in [0.2, 0.25) is 5.91 Å². The molecule has 3 amide bonds. The van der Waals surface area contributed by atoms with Crippen molar-refractivity contribution in [3.63, 3.8) is 0 Å². The first-order valence-electron chi connectivity index (χ1n) is 11.4. The van der Waals surface area contributed by atoms with Crippen LogP contribution in [0.4, 0.5) is 11.4 Å². The molecule has 3 N–H and O–H groups in total. The summed E-state index contributed by atoms with van der Waals surface area (Å²) in [6.07, 6.45) is 1.73. The Hall–Kier alpha value is -3.65. The Morgan fingerprint density at radius 1 is 1.12 bits per heavy atom. The SMILES string of the molecule is CC(C)C(=O)N1CCCc2ccc(NC(=O)C(=O)NCC(C)(O)c3cc4ccccc4o3)cc21. The fraction of sp³-hybridized carbons (Fsp3) is 0.346. The third-order valence-electron chi connectivity index (χ3n) is 5.98. The number of anilines is 2. The molecule has 1 unspecified atom stereocenters. The number of aryl methyl sites for hydroxylation is 1. The lowest BCUT2D eigenvalue weighted by Gasteiger charge is -2.31. The van der Waals surface area contributed by atoms with Gasteiger partial charge in [-0.3, -0.25) is 14.4 Å². The van der Waals surface area contributed by atoms with Crippen molar-refractivity contribution in [3.05, 3.63) is 59.9 Å². The molecule has 0 aliphatic carbocycles. The van der Waals surface area contributed by atoms with Gasteiger partial charge in [-0.25, -0.2) is 0 Å². The van der Waals surface area contributed by atoms with E-state index in [0.717, 1.165) is 29.5 Å². The average Bonchev–Trinajstić information content (AvgIpc) is 3.27. The lowest BCUT2D eigenvalue weighted by molar-refractivity contribution is -0.136. The number of rotatable bonds is 5. The summed E-state index contributed by atoms with van der Waals surface area (Å²) >= 11 is 0. The average molecular weight is 464 g/mol. The molecule has 0 radical (unpaired) electrons. The van der Waals surface area contributed by atoms with Crippen LogP contribution in [0.3, 0.4) is 0 Å². The zero-order chi connectivity index (χ0) is 24.5. The highest BCUT2D eigenvalue weighted by molar-refractivity contribution is 6.39. The predicted octanol–water partition coefficient (Wildman–Crippen LogP) is 3.33. The summed E-state index contributed by atoms with van der Waals surface area (Å²) in [6.45, 7) is 5.63. The van der Waals surface area contributed by atoms with Gasteiger partial charge in [0.05, 0.1) is 6.54 Å². The van der Waals surface area contributed by atoms with Crippen molar-refractivity contribution in [3.8, 4) is 0 Å². The lowest BCUT2D eigenvalue weighted by atomic mass is 9.99. The molecule has 3 aromatic rings. The Labute approximate surface area is 197 Å². The van der Waals surface area contributed by atoms with E-state index in [9.17, 15) is 19.5 Å². The maximum atomic E-state index is 12.6. The molecule has 1 aliphatic heterocycles. The fourth-order valence-corrected chi connectivity index (χ4v) is 4.05. The molecule has 1 aliphatic rings. The number of carbonyl (C=O) groups excluding carboxylic acids is 3. The molecule has 0 saturated heterocycles. The van der Waals surface area contributed by atoms with Gasteiger partial charge < -0.3 is 25.1 Å². The van der Waals surface area contributed by atoms with Crippen molar-refractivity contribution in [1.29, 1.82) is 0 Å². The van der Waals surface area contributed by atoms with Gasteiger partial charge in [-0.2, -0.15) is 0 Å². The second-order valence-electron chi connectivity index (χ2n) is 9.15. The molecule has 34 heavy (non-hydrogen) atoms. The Morgan fingerprint density at radius 2 is 1.88 bits per heavy atom. The van der Waals surface area contributed by atoms with Crippen LogP contribution in [0.15, 0.2) is 52.9 Å². The smallest absolute Gasteiger partial charge is 0.313 e. The number of nitrogens with zero attached hydrogens (tertiary/aromatic N) is 1. The largest absolute Gasteiger partial charge is 0.458 e. The zero-order valence-electron chi connectivity index (χ0n) is 19.6. The molecule has 0 fully saturated rings. The van der Waals surface area contributed by atoms with Crippen LogP contribution >= 0.6 is 0 Å². The van der Waals surface area contributed by atoms with E-state index in [2.05, 4.69) is 10.6 Å². The highest BCUT2D eigenvalue weighted by Gasteiger charge is 2.30. The van der Waals surface area contributed by atoms with Crippen molar-refractivity contribution in [2.75, 3.05) is 23.3 Å². The Balaban J connectivity index is 1.41. The van der Waals surface area contributed by atoms with E-state index < -0.39 is 17.4 Å². The van der Waals surface area contributed by atoms with Crippen LogP contribution in [-0.4, -0.2) is 35.9 Å². The Bertz CT molecular complexity index is 1210. The van der Waals surface area contributed by atoms with E-state index in [1.54, 1.807) is 29.2 Å². The Kier molecular flexibility index (Phi) is 6.43. The molecule has 0 saturated carbocycles. The molecular formula is C26H29N3O5. The highest BCUT2D eigenvalue weighted by Crippen LogP contribution is 2.31. The van der Waals surface area contributed by atoms with Crippen molar-refractivity contribution >= 4 is 40.1 Å². The number of furan rings is 1. The van der Waals surface area contributed by atoms with Gasteiger partial charge in [0.15, 0.2) is 0 Å². The second kappa shape index (κ2) is 9.30. The van der Waals surface area contributed by atoms with Gasteiger partial charge in [-0.1, -0.05) is 38.1 Å². The van der Waals surface area contributed by atoms with Gasteiger partial charge in [0, 0.05) is 29.2 Å². The molecule has 178 valence electrons. The minimum atomic E-state index is -1.50. The number of carbonyl (C=O) groups is 3. The monoisotopic (exact) mass is 463 g/mol. The molecule has 2 heterocycles. The number of hydrogen-bond donors (Lipinski definition) is 3. The molecule has 2 aromatic carbocycles. The van der Waals surface area contributed by atoms with E-state index in [1.807, 2.05) is 38.1 Å². The van der Waals surface area contributed by atoms with E-state index in [-0.39, 0.29) is 18.4 Å². The standard InChI is InChI=1S/C26H29N3O5/c1-16(2)25(32)29-12-6-8-17-10-11-19(14-20(17)29)28-24(31)23(30)27-15-26(3,33)22-13-18-7-4-5-9-21(18)34-22/h4-5,7,9-11,13-14,16,33H,6,8,12,15H2,1-3H3,(H,27,30)(H,28,31). The van der Waals surface area contributed by atoms with Crippen LogP contribution in [0.2, 0.25) is 0 Å². The van der Waals surface area contributed by atoms with Gasteiger partial charge >= 0.3 is 11.8 Å². The van der Waals surface area contributed by atoms with E-state index in [4.69, 9.17) is 4.42 Å². The van der Waals surface area contributed by atoms with Gasteiger partial charge in [0.25, 0.3) is 0 Å². The number of fused-ring (bicyclic) bond motifs is 2. The molecule has 1 atom stereocenters. The number of benzene rings is 2. The maximum Gasteiger partial charge on any atom is 0.313 e. The minimum absolute atomic E-state index is 0.0231. The van der Waals surface area contributed by atoms with Crippen LogP contribution in [-0.2, 0) is 26.4 Å². The van der Waals surface area contributed by atoms with E-state index in [1.165, 1.54) is 6.92 Å². The summed E-state index contributed by atoms with van der Waals surface area (Å²) in [5.41, 5.74) is 1.34. The van der Waals surface area contributed by atoms with Crippen molar-refractivity contribution in [2.24, 2.45) is 5.92 Å². The van der Waals surface area contributed by atoms with Crippen molar-refractivity contribution in [2.45, 2.75) is 39.2 Å². The quantitative estimate of drug-likeness (QED) is 0.503. The molecule has 0 bridgehead atoms. The zero-order valence-corrected chi connectivity index (χ0v) is 19.6. The molecule has 8 heteroatoms. The maximum absolute atomic E-state index is 12.6. The van der Waals surface area contributed by atoms with Gasteiger partial charge in [0.1, 0.15) is 16.9 Å². The predicted molar refractivity (Wildman–Crippen MR) is 129 cm³/mol. The summed E-state index contributed by atoms with van der Waals surface area (Å²) in [4.78, 5) is 39.2. The number of hydrogen-bond acceptors (Lipinski definition) is 5. The van der Waals surface area contributed by atoms with Crippen molar-refractivity contribution < 1.29 is 23.9 Å². The molecular weight excluding hydrogens is 434 g/mol. The fourth-order valence-electron chi connectivity index (χ4n) is 4.05. The van der Waals surface area contributed by atoms with Crippen LogP contribution in [0.1, 0.15) is 38.5 Å². The highest BCUT2D eigenvalue weighted by atomic mass is 16.4. The number of amides is 3. The van der Waals surface area contributed by atoms with Gasteiger partial charge in [-0.05, 0) is 49.6 Å². The third-order valence-corrected chi connectivity index (χ3v) is 5.98. The lowest BCUT2D eigenvalue weighted by Crippen LogP contribution is -2.43. The minimum Gasteiger partial charge on any atom is -0.458 e. The van der Waals surface area contributed by atoms with E-state index in [0.29, 0.717) is 23.6 Å². The molecule has 0 spiro atoms. The van der Waals surface area contributed by atoms with Crippen molar-refractivity contribution in [1.82, 2.24) is 5.32 Å². The summed E-state index contributed by atoms with van der Waals surface area (Å²) in [5, 5.41) is 16.7. The summed E-state index contributed by atoms with van der Waals surface area (Å²) in [5.74, 6) is -1.58. The third kappa shape index (κ3) is 4.82. The van der Waals surface area contributed by atoms with Crippen LogP contribution in [0.5, 0.6) is 0 Å². The number of nitrogens with one attached hydrogen (secondary N) is 2. The topological polar surface area (TPSA) is 112 Å². The summed E-state index contributed by atoms with van der Waals surface area (Å²) in [6, 6.07) is 14.4. The first-order chi connectivity index (χ1) is 16.2. The first-order valence-corrected chi connectivity index (χ1v) is 11.4. The Morgan fingerprint density at radius 3 is 2.62 bits per heavy atom. The second-order valence-corrected chi connectivity index (χ2v) is 9.15. The van der Waals surface area contributed by atoms with Gasteiger partial charge in [-0.15, -0.1) is 0 Å². The molecule has 8 nitrogen and oxygen atoms in total.